The zero-order chi connectivity index (χ0) is 22.9. The van der Waals surface area contributed by atoms with Gasteiger partial charge in [-0.2, -0.15) is 4.72 Å². The molecular weight excluding hydrogens is 444 g/mol. The van der Waals surface area contributed by atoms with Crippen LogP contribution in [0.1, 0.15) is 51.8 Å². The Kier molecular flexibility index (Phi) is 6.35. The van der Waals surface area contributed by atoms with Crippen molar-refractivity contribution in [1.29, 1.82) is 0 Å². The molecule has 0 aliphatic heterocycles. The molecule has 0 fully saturated rings. The van der Waals surface area contributed by atoms with Crippen molar-refractivity contribution in [3.8, 4) is 0 Å². The first-order valence-corrected chi connectivity index (χ1v) is 11.1. The van der Waals surface area contributed by atoms with Crippen LogP contribution in [0.4, 0.5) is 0 Å². The van der Waals surface area contributed by atoms with Gasteiger partial charge in [0.2, 0.25) is 21.8 Å². The molecule has 0 bridgehead atoms. The first-order valence-electron chi connectivity index (χ1n) is 9.24. The van der Waals surface area contributed by atoms with Gasteiger partial charge in [0, 0.05) is 10.9 Å². The van der Waals surface area contributed by atoms with Crippen LogP contribution in [0.5, 0.6) is 0 Å². The molecule has 1 heterocycles. The number of nitrogens with one attached hydrogen (secondary N) is 2. The molecular formula is C20H21ClN4O5S. The van der Waals surface area contributed by atoms with Crippen LogP contribution in [0.15, 0.2) is 50.5 Å². The minimum atomic E-state index is -4.29. The topological polar surface area (TPSA) is 148 Å². The largest absolute Gasteiger partial charge is 0.434 e. The van der Waals surface area contributed by atoms with Gasteiger partial charge in [-0.25, -0.2) is 18.3 Å². The third kappa shape index (κ3) is 4.71. The van der Waals surface area contributed by atoms with Crippen molar-refractivity contribution in [2.75, 3.05) is 0 Å². The molecule has 1 aromatic heterocycles. The zero-order valence-electron chi connectivity index (χ0n) is 17.0. The van der Waals surface area contributed by atoms with Gasteiger partial charge >= 0.3 is 5.76 Å². The third-order valence-electron chi connectivity index (χ3n) is 5.14. The van der Waals surface area contributed by atoms with E-state index in [2.05, 4.69) is 14.9 Å². The van der Waals surface area contributed by atoms with Crippen LogP contribution in [0.25, 0.3) is 0 Å². The van der Waals surface area contributed by atoms with E-state index in [4.69, 9.17) is 21.8 Å². The summed E-state index contributed by atoms with van der Waals surface area (Å²) >= 11 is 5.89. The molecule has 9 nitrogen and oxygen atoms in total. The normalized spacial score (nSPS) is 13.7. The van der Waals surface area contributed by atoms with Crippen LogP contribution in [0.2, 0.25) is 5.02 Å². The number of amides is 1. The number of carbonyl (C=O) groups is 1. The number of hydrogen-bond donors (Lipinski definition) is 3. The standard InChI is InChI=1S/C20H21ClN4O5S/c1-10-5-4-6-14(11(10)2)12(3)17(19-23-24-20(27)30-19)25-31(28,29)16-8-7-13(21)9-15(16)18(22)26/h4-9,12,17,25H,1-3H3,(H2,22,26)(H,24,27)/t12-,17+/m1/s1. The maximum Gasteiger partial charge on any atom is 0.434 e. The fourth-order valence-corrected chi connectivity index (χ4v) is 4.98. The summed E-state index contributed by atoms with van der Waals surface area (Å²) in [5, 5.41) is 6.12. The Hall–Kier alpha value is -2.95. The minimum absolute atomic E-state index is 0.142. The lowest BCUT2D eigenvalue weighted by atomic mass is 9.88. The third-order valence-corrected chi connectivity index (χ3v) is 6.87. The number of aromatic amines is 1. The van der Waals surface area contributed by atoms with E-state index in [0.29, 0.717) is 0 Å². The Morgan fingerprint density at radius 2 is 1.97 bits per heavy atom. The lowest BCUT2D eigenvalue weighted by Gasteiger charge is -2.24. The molecule has 0 spiro atoms. The Bertz CT molecular complexity index is 1300. The lowest BCUT2D eigenvalue weighted by molar-refractivity contribution is 0.0997. The summed E-state index contributed by atoms with van der Waals surface area (Å²) in [4.78, 5) is 23.0. The van der Waals surface area contributed by atoms with E-state index >= 15 is 0 Å². The summed E-state index contributed by atoms with van der Waals surface area (Å²) in [6, 6.07) is 8.29. The van der Waals surface area contributed by atoms with Crippen molar-refractivity contribution in [2.24, 2.45) is 5.73 Å². The smallest absolute Gasteiger partial charge is 0.391 e. The second-order valence-corrected chi connectivity index (χ2v) is 9.25. The number of aromatic nitrogens is 2. The lowest BCUT2D eigenvalue weighted by Crippen LogP contribution is -2.34. The number of sulfonamides is 1. The van der Waals surface area contributed by atoms with Gasteiger partial charge in [-0.3, -0.25) is 4.79 Å². The van der Waals surface area contributed by atoms with Crippen LogP contribution in [-0.2, 0) is 10.0 Å². The summed E-state index contributed by atoms with van der Waals surface area (Å²) in [5.41, 5.74) is 7.90. The average Bonchev–Trinajstić information content (AvgIpc) is 3.13. The Morgan fingerprint density at radius 3 is 2.58 bits per heavy atom. The van der Waals surface area contributed by atoms with Crippen LogP contribution in [0, 0.1) is 13.8 Å². The Morgan fingerprint density at radius 1 is 1.26 bits per heavy atom. The number of halogens is 1. The van der Waals surface area contributed by atoms with Crippen molar-refractivity contribution in [3.05, 3.63) is 80.1 Å². The van der Waals surface area contributed by atoms with Gasteiger partial charge in [0.05, 0.1) is 10.5 Å². The van der Waals surface area contributed by atoms with Crippen molar-refractivity contribution in [2.45, 2.75) is 37.6 Å². The average molecular weight is 465 g/mol. The van der Waals surface area contributed by atoms with Crippen molar-refractivity contribution >= 4 is 27.5 Å². The molecule has 3 aromatic rings. The SMILES string of the molecule is Cc1cccc([C@@H](C)[C@H](NS(=O)(=O)c2ccc(Cl)cc2C(N)=O)c2n[nH]c(=O)o2)c1C. The van der Waals surface area contributed by atoms with Gasteiger partial charge in [0.25, 0.3) is 0 Å². The summed E-state index contributed by atoms with van der Waals surface area (Å²) in [7, 11) is -4.29. The van der Waals surface area contributed by atoms with Crippen molar-refractivity contribution in [3.63, 3.8) is 0 Å². The highest BCUT2D eigenvalue weighted by molar-refractivity contribution is 7.89. The van der Waals surface area contributed by atoms with E-state index in [9.17, 15) is 18.0 Å². The summed E-state index contributed by atoms with van der Waals surface area (Å²) in [6.07, 6.45) is 0. The van der Waals surface area contributed by atoms with E-state index < -0.39 is 33.6 Å². The van der Waals surface area contributed by atoms with Crippen molar-refractivity contribution < 1.29 is 17.6 Å². The molecule has 0 aliphatic carbocycles. The number of H-pyrrole nitrogens is 1. The number of carbonyl (C=O) groups excluding carboxylic acids is 1. The molecule has 31 heavy (non-hydrogen) atoms. The van der Waals surface area contributed by atoms with Crippen LogP contribution >= 0.6 is 11.6 Å². The minimum Gasteiger partial charge on any atom is -0.391 e. The number of benzene rings is 2. The molecule has 3 rings (SSSR count). The maximum absolute atomic E-state index is 13.2. The van der Waals surface area contributed by atoms with Crippen LogP contribution in [-0.4, -0.2) is 24.5 Å². The van der Waals surface area contributed by atoms with E-state index in [0.717, 1.165) is 16.7 Å². The number of aryl methyl sites for hydroxylation is 1. The predicted molar refractivity (Wildman–Crippen MR) is 114 cm³/mol. The predicted octanol–water partition coefficient (Wildman–Crippen LogP) is 2.56. The summed E-state index contributed by atoms with van der Waals surface area (Å²) in [5.74, 6) is -2.40. The number of nitrogens with two attached hydrogens (primary N) is 1. The highest BCUT2D eigenvalue weighted by Crippen LogP contribution is 2.34. The Labute approximate surface area is 183 Å². The molecule has 2 aromatic carbocycles. The molecule has 0 aliphatic rings. The monoisotopic (exact) mass is 464 g/mol. The highest BCUT2D eigenvalue weighted by Gasteiger charge is 2.33. The van der Waals surface area contributed by atoms with E-state index in [-0.39, 0.29) is 21.4 Å². The molecule has 0 radical (unpaired) electrons. The summed E-state index contributed by atoms with van der Waals surface area (Å²) < 4.78 is 34.0. The molecule has 0 saturated heterocycles. The quantitative estimate of drug-likeness (QED) is 0.489. The second-order valence-electron chi connectivity index (χ2n) is 7.13. The molecule has 1 amide bonds. The molecule has 0 saturated carbocycles. The van der Waals surface area contributed by atoms with Gasteiger partial charge in [0.15, 0.2) is 0 Å². The molecule has 4 N–H and O–H groups in total. The zero-order valence-corrected chi connectivity index (χ0v) is 18.5. The van der Waals surface area contributed by atoms with E-state index in [1.54, 1.807) is 6.92 Å². The second kappa shape index (κ2) is 8.66. The number of rotatable bonds is 7. The summed E-state index contributed by atoms with van der Waals surface area (Å²) in [6.45, 7) is 5.63. The first-order chi connectivity index (χ1) is 14.5. The van der Waals surface area contributed by atoms with Gasteiger partial charge < -0.3 is 10.2 Å². The van der Waals surface area contributed by atoms with Gasteiger partial charge in [0.1, 0.15) is 6.04 Å². The van der Waals surface area contributed by atoms with Crippen molar-refractivity contribution in [1.82, 2.24) is 14.9 Å². The van der Waals surface area contributed by atoms with Crippen LogP contribution < -0.4 is 16.2 Å². The number of hydrogen-bond acceptors (Lipinski definition) is 6. The van der Waals surface area contributed by atoms with Crippen LogP contribution in [0.3, 0.4) is 0 Å². The van der Waals surface area contributed by atoms with E-state index in [1.165, 1.54) is 18.2 Å². The van der Waals surface area contributed by atoms with E-state index in [1.807, 2.05) is 32.0 Å². The first kappa shape index (κ1) is 22.7. The number of primary amides is 1. The number of nitrogens with zero attached hydrogens (tertiary/aromatic N) is 1. The molecule has 164 valence electrons. The fourth-order valence-electron chi connectivity index (χ4n) is 3.35. The highest BCUT2D eigenvalue weighted by atomic mass is 35.5. The molecule has 2 atom stereocenters. The van der Waals surface area contributed by atoms with Gasteiger partial charge in [-0.15, -0.1) is 5.10 Å². The van der Waals surface area contributed by atoms with Gasteiger partial charge in [-0.1, -0.05) is 36.7 Å². The fraction of sp³-hybridized carbons (Fsp3) is 0.250. The molecule has 11 heteroatoms. The Balaban J connectivity index is 2.11. The maximum atomic E-state index is 13.2. The molecule has 0 unspecified atom stereocenters. The van der Waals surface area contributed by atoms with Gasteiger partial charge in [-0.05, 0) is 48.7 Å².